The first kappa shape index (κ1) is 20.9. The highest BCUT2D eigenvalue weighted by atomic mass is 32.1. The van der Waals surface area contributed by atoms with E-state index in [0.717, 1.165) is 45.2 Å². The molecule has 0 bridgehead atoms. The molecular formula is C25H25N3O3S. The molecule has 1 atom stereocenters. The lowest BCUT2D eigenvalue weighted by molar-refractivity contribution is -0.0322. The summed E-state index contributed by atoms with van der Waals surface area (Å²) in [4.78, 5) is 27.8. The van der Waals surface area contributed by atoms with Crippen LogP contribution in [0.4, 0.5) is 0 Å². The van der Waals surface area contributed by atoms with Gasteiger partial charge in [0.2, 0.25) is 5.91 Å². The van der Waals surface area contributed by atoms with Crippen LogP contribution in [0, 0.1) is 0 Å². The number of carbonyl (C=O) groups is 2. The van der Waals surface area contributed by atoms with Crippen LogP contribution in [0.25, 0.3) is 21.0 Å². The first-order chi connectivity index (χ1) is 15.6. The van der Waals surface area contributed by atoms with Crippen molar-refractivity contribution in [3.05, 3.63) is 70.7 Å². The standard InChI is InChI=1S/C25H25N3O3S/c1-16(29)28-14-17(18-7-3-5-9-20(18)28)13-27-11-12-31-21(15-27)23-19-8-4-6-10-22(19)32-24(23)25(30)26-2/h3-10,14,21H,11-13,15H2,1-2H3,(H,26,30). The molecule has 1 aliphatic heterocycles. The zero-order chi connectivity index (χ0) is 22.2. The summed E-state index contributed by atoms with van der Waals surface area (Å²) in [5.74, 6) is -0.0706. The van der Waals surface area contributed by atoms with Gasteiger partial charge < -0.3 is 10.1 Å². The maximum atomic E-state index is 12.6. The first-order valence-corrected chi connectivity index (χ1v) is 11.6. The molecule has 0 spiro atoms. The fraction of sp³-hybridized carbons (Fsp3) is 0.280. The SMILES string of the molecule is CNC(=O)c1sc2ccccc2c1C1CN(Cc2cn(C(C)=O)c3ccccc23)CCO1. The second-order valence-electron chi connectivity index (χ2n) is 8.08. The van der Waals surface area contributed by atoms with E-state index in [0.29, 0.717) is 18.0 Å². The summed E-state index contributed by atoms with van der Waals surface area (Å²) in [5, 5.41) is 4.95. The molecule has 3 heterocycles. The molecule has 1 aliphatic rings. The monoisotopic (exact) mass is 447 g/mol. The van der Waals surface area contributed by atoms with Crippen molar-refractivity contribution < 1.29 is 14.3 Å². The van der Waals surface area contributed by atoms with Gasteiger partial charge in [-0.1, -0.05) is 36.4 Å². The topological polar surface area (TPSA) is 63.6 Å². The van der Waals surface area contributed by atoms with Gasteiger partial charge in [-0.2, -0.15) is 0 Å². The van der Waals surface area contributed by atoms with Gasteiger partial charge in [-0.3, -0.25) is 19.1 Å². The van der Waals surface area contributed by atoms with Crippen molar-refractivity contribution in [2.75, 3.05) is 26.7 Å². The number of benzene rings is 2. The minimum atomic E-state index is -0.187. The molecule has 2 aromatic carbocycles. The molecule has 0 saturated carbocycles. The van der Waals surface area contributed by atoms with Crippen molar-refractivity contribution >= 4 is 44.1 Å². The molecule has 0 aliphatic carbocycles. The number of para-hydroxylation sites is 1. The molecule has 2 aromatic heterocycles. The molecule has 164 valence electrons. The highest BCUT2D eigenvalue weighted by Gasteiger charge is 2.30. The Balaban J connectivity index is 1.47. The molecule has 7 heteroatoms. The largest absolute Gasteiger partial charge is 0.371 e. The summed E-state index contributed by atoms with van der Waals surface area (Å²) in [6, 6.07) is 16.1. The number of thiophene rings is 1. The van der Waals surface area contributed by atoms with Crippen LogP contribution < -0.4 is 5.32 Å². The Morgan fingerprint density at radius 3 is 2.66 bits per heavy atom. The van der Waals surface area contributed by atoms with E-state index in [1.165, 1.54) is 11.3 Å². The Hall–Kier alpha value is -3.00. The first-order valence-electron chi connectivity index (χ1n) is 10.7. The van der Waals surface area contributed by atoms with Gasteiger partial charge in [0.15, 0.2) is 0 Å². The van der Waals surface area contributed by atoms with E-state index in [-0.39, 0.29) is 17.9 Å². The highest BCUT2D eigenvalue weighted by molar-refractivity contribution is 7.21. The summed E-state index contributed by atoms with van der Waals surface area (Å²) in [5.41, 5.74) is 3.03. The minimum Gasteiger partial charge on any atom is -0.371 e. The number of nitrogens with one attached hydrogen (secondary N) is 1. The molecule has 1 unspecified atom stereocenters. The maximum absolute atomic E-state index is 12.6. The molecular weight excluding hydrogens is 422 g/mol. The second kappa shape index (κ2) is 8.50. The molecule has 32 heavy (non-hydrogen) atoms. The predicted octanol–water partition coefficient (Wildman–Crippen LogP) is 4.45. The van der Waals surface area contributed by atoms with E-state index in [1.54, 1.807) is 18.5 Å². The number of nitrogens with zero attached hydrogens (tertiary/aromatic N) is 2. The predicted molar refractivity (Wildman–Crippen MR) is 127 cm³/mol. The third-order valence-electron chi connectivity index (χ3n) is 6.07. The van der Waals surface area contributed by atoms with Crippen LogP contribution in [-0.4, -0.2) is 48.0 Å². The Morgan fingerprint density at radius 2 is 1.88 bits per heavy atom. The number of hydrogen-bond donors (Lipinski definition) is 1. The lowest BCUT2D eigenvalue weighted by Gasteiger charge is -2.33. The fourth-order valence-electron chi connectivity index (χ4n) is 4.57. The van der Waals surface area contributed by atoms with Crippen LogP contribution in [0.2, 0.25) is 0 Å². The maximum Gasteiger partial charge on any atom is 0.261 e. The number of ether oxygens (including phenoxy) is 1. The smallest absolute Gasteiger partial charge is 0.261 e. The number of hydrogen-bond acceptors (Lipinski definition) is 5. The number of aromatic nitrogens is 1. The lowest BCUT2D eigenvalue weighted by Crippen LogP contribution is -2.38. The zero-order valence-electron chi connectivity index (χ0n) is 18.1. The van der Waals surface area contributed by atoms with Crippen LogP contribution in [-0.2, 0) is 11.3 Å². The van der Waals surface area contributed by atoms with E-state index in [1.807, 2.05) is 42.6 Å². The third kappa shape index (κ3) is 3.62. The summed E-state index contributed by atoms with van der Waals surface area (Å²) in [6.45, 7) is 4.38. The number of carbonyl (C=O) groups excluding carboxylic acids is 2. The third-order valence-corrected chi connectivity index (χ3v) is 7.25. The van der Waals surface area contributed by atoms with Gasteiger partial charge in [0.1, 0.15) is 0 Å². The van der Waals surface area contributed by atoms with E-state index < -0.39 is 0 Å². The molecule has 1 amide bonds. The van der Waals surface area contributed by atoms with Crippen molar-refractivity contribution in [1.29, 1.82) is 0 Å². The van der Waals surface area contributed by atoms with Gasteiger partial charge in [-0.25, -0.2) is 0 Å². The van der Waals surface area contributed by atoms with Crippen molar-refractivity contribution in [3.63, 3.8) is 0 Å². The average Bonchev–Trinajstić information content (AvgIpc) is 3.38. The Bertz CT molecular complexity index is 1320. The van der Waals surface area contributed by atoms with Crippen molar-refractivity contribution in [3.8, 4) is 0 Å². The summed E-state index contributed by atoms with van der Waals surface area (Å²) < 4.78 is 9.00. The summed E-state index contributed by atoms with van der Waals surface area (Å²) >= 11 is 1.51. The van der Waals surface area contributed by atoms with Gasteiger partial charge >= 0.3 is 0 Å². The van der Waals surface area contributed by atoms with Crippen LogP contribution >= 0.6 is 11.3 Å². The minimum absolute atomic E-state index is 0.00673. The van der Waals surface area contributed by atoms with Crippen LogP contribution in [0.1, 0.15) is 38.6 Å². The highest BCUT2D eigenvalue weighted by Crippen LogP contribution is 2.38. The zero-order valence-corrected chi connectivity index (χ0v) is 18.9. The van der Waals surface area contributed by atoms with Gasteiger partial charge in [-0.05, 0) is 23.1 Å². The van der Waals surface area contributed by atoms with Gasteiger partial charge in [0.25, 0.3) is 5.91 Å². The van der Waals surface area contributed by atoms with E-state index in [4.69, 9.17) is 4.74 Å². The van der Waals surface area contributed by atoms with Crippen molar-refractivity contribution in [2.24, 2.45) is 0 Å². The fourth-order valence-corrected chi connectivity index (χ4v) is 5.77. The Labute approximate surface area is 190 Å². The Kier molecular flexibility index (Phi) is 5.55. The van der Waals surface area contributed by atoms with E-state index in [2.05, 4.69) is 22.3 Å². The van der Waals surface area contributed by atoms with Crippen LogP contribution in [0.5, 0.6) is 0 Å². The number of rotatable bonds is 4. The summed E-state index contributed by atoms with van der Waals surface area (Å²) in [7, 11) is 1.66. The normalized spacial score (nSPS) is 17.1. The van der Waals surface area contributed by atoms with Crippen molar-refractivity contribution in [2.45, 2.75) is 19.6 Å². The van der Waals surface area contributed by atoms with Crippen LogP contribution in [0.3, 0.4) is 0 Å². The average molecular weight is 448 g/mol. The van der Waals surface area contributed by atoms with Crippen LogP contribution in [0.15, 0.2) is 54.7 Å². The number of fused-ring (bicyclic) bond motifs is 2. The number of morpholine rings is 1. The van der Waals surface area contributed by atoms with Gasteiger partial charge in [-0.15, -0.1) is 11.3 Å². The quantitative estimate of drug-likeness (QED) is 0.502. The molecule has 5 rings (SSSR count). The van der Waals surface area contributed by atoms with Gasteiger partial charge in [0.05, 0.1) is 23.1 Å². The number of amides is 1. The molecule has 0 radical (unpaired) electrons. The molecule has 6 nitrogen and oxygen atoms in total. The molecule has 1 N–H and O–H groups in total. The molecule has 1 fully saturated rings. The van der Waals surface area contributed by atoms with E-state index >= 15 is 0 Å². The lowest BCUT2D eigenvalue weighted by atomic mass is 10.0. The molecule has 4 aromatic rings. The Morgan fingerprint density at radius 1 is 1.12 bits per heavy atom. The van der Waals surface area contributed by atoms with Crippen molar-refractivity contribution in [1.82, 2.24) is 14.8 Å². The second-order valence-corrected chi connectivity index (χ2v) is 9.13. The summed E-state index contributed by atoms with van der Waals surface area (Å²) in [6.07, 6.45) is 1.77. The molecule has 1 saturated heterocycles. The van der Waals surface area contributed by atoms with Gasteiger partial charge in [0, 0.05) is 55.5 Å². The van der Waals surface area contributed by atoms with E-state index in [9.17, 15) is 9.59 Å².